The molecule has 0 radical (unpaired) electrons. The van der Waals surface area contributed by atoms with Crippen LogP contribution in [0.25, 0.3) is 0 Å². The molecular weight excluding hydrogens is 280 g/mol. The Morgan fingerprint density at radius 3 is 2.38 bits per heavy atom. The lowest BCUT2D eigenvalue weighted by atomic mass is 10.0. The summed E-state index contributed by atoms with van der Waals surface area (Å²) in [5.41, 5.74) is 4.98. The van der Waals surface area contributed by atoms with Crippen molar-refractivity contribution in [2.75, 3.05) is 5.43 Å². The largest absolute Gasteiger partial charge is 0.308 e. The van der Waals surface area contributed by atoms with Gasteiger partial charge < -0.3 is 5.43 Å². The van der Waals surface area contributed by atoms with Gasteiger partial charge in [0.2, 0.25) is 0 Å². The van der Waals surface area contributed by atoms with Gasteiger partial charge in [0.05, 0.1) is 0 Å². The number of benzene rings is 1. The highest BCUT2D eigenvalue weighted by atomic mass is 32.2. The molecule has 0 aliphatic heterocycles. The molecular formula is C16H22N4S. The first kappa shape index (κ1) is 15.8. The maximum absolute atomic E-state index is 5.54. The van der Waals surface area contributed by atoms with Crippen molar-refractivity contribution >= 4 is 17.6 Å². The van der Waals surface area contributed by atoms with E-state index in [4.69, 9.17) is 5.84 Å². The summed E-state index contributed by atoms with van der Waals surface area (Å²) in [6.07, 6.45) is 0.787. The zero-order valence-electron chi connectivity index (χ0n) is 13.0. The van der Waals surface area contributed by atoms with Crippen LogP contribution in [-0.4, -0.2) is 9.97 Å². The molecule has 0 saturated carbocycles. The van der Waals surface area contributed by atoms with Crippen LogP contribution in [-0.2, 0) is 6.42 Å². The predicted molar refractivity (Wildman–Crippen MR) is 88.6 cm³/mol. The Morgan fingerprint density at radius 2 is 1.86 bits per heavy atom. The van der Waals surface area contributed by atoms with Crippen molar-refractivity contribution in [3.63, 3.8) is 0 Å². The van der Waals surface area contributed by atoms with Crippen LogP contribution < -0.4 is 11.3 Å². The van der Waals surface area contributed by atoms with Crippen LogP contribution in [0, 0.1) is 6.92 Å². The van der Waals surface area contributed by atoms with Gasteiger partial charge in [-0.2, -0.15) is 0 Å². The molecule has 112 valence electrons. The number of aryl methyl sites for hydroxylation is 1. The molecule has 0 spiro atoms. The third-order valence-corrected chi connectivity index (χ3v) is 4.46. The van der Waals surface area contributed by atoms with Crippen LogP contribution in [0.1, 0.15) is 43.6 Å². The van der Waals surface area contributed by atoms with Gasteiger partial charge in [-0.1, -0.05) is 44.7 Å². The lowest BCUT2D eigenvalue weighted by Gasteiger charge is -2.11. The molecule has 1 aromatic heterocycles. The van der Waals surface area contributed by atoms with E-state index in [9.17, 15) is 0 Å². The second-order valence-electron chi connectivity index (χ2n) is 5.24. The number of rotatable bonds is 5. The second kappa shape index (κ2) is 6.91. The van der Waals surface area contributed by atoms with Gasteiger partial charge in [-0.25, -0.2) is 15.8 Å². The molecule has 1 aromatic carbocycles. The van der Waals surface area contributed by atoms with E-state index in [2.05, 4.69) is 53.5 Å². The number of nitrogens with two attached hydrogens (primary N) is 1. The average molecular weight is 302 g/mol. The summed E-state index contributed by atoms with van der Waals surface area (Å²) >= 11 is 1.65. The Balaban J connectivity index is 2.30. The van der Waals surface area contributed by atoms with Crippen molar-refractivity contribution in [2.45, 2.75) is 50.0 Å². The normalized spacial score (nSPS) is 11.0. The molecule has 0 aliphatic rings. The van der Waals surface area contributed by atoms with Crippen LogP contribution in [0.4, 0.5) is 5.82 Å². The number of hydrazine groups is 1. The van der Waals surface area contributed by atoms with Gasteiger partial charge in [0.15, 0.2) is 0 Å². The number of hydrogen-bond acceptors (Lipinski definition) is 5. The Bertz CT molecular complexity index is 608. The molecule has 4 nitrogen and oxygen atoms in total. The van der Waals surface area contributed by atoms with Crippen molar-refractivity contribution in [2.24, 2.45) is 5.84 Å². The molecule has 0 aliphatic carbocycles. The lowest BCUT2D eigenvalue weighted by Crippen LogP contribution is -2.13. The molecule has 0 saturated heterocycles. The zero-order chi connectivity index (χ0) is 15.4. The van der Waals surface area contributed by atoms with Crippen LogP contribution in [0.3, 0.4) is 0 Å². The number of aromatic nitrogens is 2. The highest BCUT2D eigenvalue weighted by Gasteiger charge is 2.11. The Morgan fingerprint density at radius 1 is 1.19 bits per heavy atom. The fourth-order valence-electron chi connectivity index (χ4n) is 1.97. The van der Waals surface area contributed by atoms with Gasteiger partial charge in [-0.3, -0.25) is 0 Å². The van der Waals surface area contributed by atoms with Crippen molar-refractivity contribution in [3.8, 4) is 0 Å². The van der Waals surface area contributed by atoms with Gasteiger partial charge in [0.1, 0.15) is 16.7 Å². The molecule has 2 aromatic rings. The van der Waals surface area contributed by atoms with E-state index in [1.165, 1.54) is 10.5 Å². The SMILES string of the molecule is CCc1nc(NN)c(C)c(Sc2ccc(C(C)C)cc2)n1. The first-order valence-electron chi connectivity index (χ1n) is 7.17. The summed E-state index contributed by atoms with van der Waals surface area (Å²) in [6, 6.07) is 8.63. The van der Waals surface area contributed by atoms with Gasteiger partial charge in [0.25, 0.3) is 0 Å². The number of anilines is 1. The van der Waals surface area contributed by atoms with Gasteiger partial charge in [-0.15, -0.1) is 0 Å². The van der Waals surface area contributed by atoms with Crippen molar-refractivity contribution < 1.29 is 0 Å². The van der Waals surface area contributed by atoms with Crippen LogP contribution in [0.2, 0.25) is 0 Å². The maximum Gasteiger partial charge on any atom is 0.147 e. The Kier molecular flexibility index (Phi) is 5.20. The van der Waals surface area contributed by atoms with E-state index < -0.39 is 0 Å². The smallest absolute Gasteiger partial charge is 0.147 e. The third kappa shape index (κ3) is 3.74. The van der Waals surface area contributed by atoms with Crippen molar-refractivity contribution in [3.05, 3.63) is 41.2 Å². The summed E-state index contributed by atoms with van der Waals surface area (Å²) < 4.78 is 0. The van der Waals surface area contributed by atoms with Crippen LogP contribution in [0.5, 0.6) is 0 Å². The number of nitrogen functional groups attached to an aromatic ring is 1. The Labute approximate surface area is 130 Å². The first-order chi connectivity index (χ1) is 10.0. The van der Waals surface area contributed by atoms with E-state index in [-0.39, 0.29) is 0 Å². The molecule has 3 N–H and O–H groups in total. The van der Waals surface area contributed by atoms with E-state index >= 15 is 0 Å². The van der Waals surface area contributed by atoms with Gasteiger partial charge in [-0.05, 0) is 30.5 Å². The number of hydrogen-bond donors (Lipinski definition) is 2. The van der Waals surface area contributed by atoms with E-state index in [0.29, 0.717) is 11.7 Å². The second-order valence-corrected chi connectivity index (χ2v) is 6.30. The first-order valence-corrected chi connectivity index (χ1v) is 7.98. The fourth-order valence-corrected chi connectivity index (χ4v) is 2.87. The third-order valence-electron chi connectivity index (χ3n) is 3.36. The minimum Gasteiger partial charge on any atom is -0.308 e. The summed E-state index contributed by atoms with van der Waals surface area (Å²) in [5, 5.41) is 0.951. The van der Waals surface area contributed by atoms with Crippen molar-refractivity contribution in [1.82, 2.24) is 9.97 Å². The van der Waals surface area contributed by atoms with Gasteiger partial charge in [0, 0.05) is 16.9 Å². The quantitative estimate of drug-likeness (QED) is 0.498. The van der Waals surface area contributed by atoms with Crippen LogP contribution in [0.15, 0.2) is 34.2 Å². The molecule has 0 atom stereocenters. The fraction of sp³-hybridized carbons (Fsp3) is 0.375. The molecule has 21 heavy (non-hydrogen) atoms. The zero-order valence-corrected chi connectivity index (χ0v) is 13.8. The topological polar surface area (TPSA) is 63.8 Å². The molecule has 0 amide bonds. The standard InChI is InChI=1S/C16H22N4S/c1-5-14-18-15(20-17)11(4)16(19-14)21-13-8-6-12(7-9-13)10(2)3/h6-10H,5,17H2,1-4H3,(H,18,19,20). The highest BCUT2D eigenvalue weighted by Crippen LogP contribution is 2.32. The molecule has 5 heteroatoms. The number of nitrogens with one attached hydrogen (secondary N) is 1. The minimum atomic E-state index is 0.546. The summed E-state index contributed by atoms with van der Waals surface area (Å²) in [5.74, 6) is 7.58. The summed E-state index contributed by atoms with van der Waals surface area (Å²) in [6.45, 7) is 8.42. The van der Waals surface area contributed by atoms with Crippen LogP contribution >= 0.6 is 11.8 Å². The monoisotopic (exact) mass is 302 g/mol. The Hall–Kier alpha value is -1.59. The molecule has 1 heterocycles. The minimum absolute atomic E-state index is 0.546. The summed E-state index contributed by atoms with van der Waals surface area (Å²) in [4.78, 5) is 10.2. The number of nitrogens with zero attached hydrogens (tertiary/aromatic N) is 2. The molecule has 2 rings (SSSR count). The van der Waals surface area contributed by atoms with E-state index in [1.807, 2.05) is 13.8 Å². The van der Waals surface area contributed by atoms with Crippen molar-refractivity contribution in [1.29, 1.82) is 0 Å². The average Bonchev–Trinajstić information content (AvgIpc) is 2.49. The summed E-state index contributed by atoms with van der Waals surface area (Å²) in [7, 11) is 0. The maximum atomic E-state index is 5.54. The van der Waals surface area contributed by atoms with Gasteiger partial charge >= 0.3 is 0 Å². The predicted octanol–water partition coefficient (Wildman–Crippen LogP) is 3.91. The van der Waals surface area contributed by atoms with E-state index in [1.54, 1.807) is 11.8 Å². The highest BCUT2D eigenvalue weighted by molar-refractivity contribution is 7.99. The molecule has 0 unspecified atom stereocenters. The molecule has 0 fully saturated rings. The lowest BCUT2D eigenvalue weighted by molar-refractivity contribution is 0.863. The van der Waals surface area contributed by atoms with E-state index in [0.717, 1.165) is 22.8 Å². The molecule has 0 bridgehead atoms.